The van der Waals surface area contributed by atoms with Crippen LogP contribution in [0.15, 0.2) is 54.6 Å². The topological polar surface area (TPSA) is 71.3 Å². The van der Waals surface area contributed by atoms with Gasteiger partial charge >= 0.3 is 0 Å². The highest BCUT2D eigenvalue weighted by molar-refractivity contribution is 6.32. The monoisotopic (exact) mass is 440 g/mol. The number of rotatable bonds is 6. The number of aryl methyl sites for hydroxylation is 1. The molecular formula is C23H18Cl2N2O3. The van der Waals surface area contributed by atoms with Crippen LogP contribution in [0.1, 0.15) is 27.0 Å². The number of carbonyl (C=O) groups is 1. The molecule has 0 heterocycles. The predicted molar refractivity (Wildman–Crippen MR) is 117 cm³/mol. The molecule has 7 heteroatoms. The zero-order valence-electron chi connectivity index (χ0n) is 16.3. The first kappa shape index (κ1) is 21.5. The van der Waals surface area contributed by atoms with Crippen molar-refractivity contribution in [3.63, 3.8) is 0 Å². The average Bonchev–Trinajstić information content (AvgIpc) is 2.73. The standard InChI is InChI=1S/C23H18Cl2N2O3/c1-14-7-18(29-2)4-5-20(14)23(28)27-13-15-3-6-21(25)22(10-15)30-19-9-16(12-26)8-17(24)11-19/h3-11H,13H2,1-2H3,(H,27,28). The summed E-state index contributed by atoms with van der Waals surface area (Å²) in [5.74, 6) is 1.30. The van der Waals surface area contributed by atoms with Crippen LogP contribution in [-0.4, -0.2) is 13.0 Å². The van der Waals surface area contributed by atoms with E-state index in [4.69, 9.17) is 37.9 Å². The fraction of sp³-hybridized carbons (Fsp3) is 0.130. The number of carbonyl (C=O) groups excluding carboxylic acids is 1. The van der Waals surface area contributed by atoms with E-state index in [0.717, 1.165) is 11.1 Å². The first-order valence-corrected chi connectivity index (χ1v) is 9.75. The SMILES string of the molecule is COc1ccc(C(=O)NCc2ccc(Cl)c(Oc3cc(Cl)cc(C#N)c3)c2)c(C)c1. The number of nitrogens with zero attached hydrogens (tertiary/aromatic N) is 1. The normalized spacial score (nSPS) is 10.2. The van der Waals surface area contributed by atoms with Crippen LogP contribution < -0.4 is 14.8 Å². The molecule has 0 aliphatic heterocycles. The van der Waals surface area contributed by atoms with Crippen LogP contribution in [0.2, 0.25) is 10.0 Å². The Balaban J connectivity index is 1.73. The van der Waals surface area contributed by atoms with Gasteiger partial charge in [-0.25, -0.2) is 0 Å². The van der Waals surface area contributed by atoms with E-state index in [1.54, 1.807) is 55.6 Å². The fourth-order valence-corrected chi connectivity index (χ4v) is 3.23. The van der Waals surface area contributed by atoms with E-state index in [0.29, 0.717) is 38.4 Å². The molecule has 30 heavy (non-hydrogen) atoms. The Labute approximate surface area is 184 Å². The quantitative estimate of drug-likeness (QED) is 0.517. The van der Waals surface area contributed by atoms with E-state index in [-0.39, 0.29) is 12.5 Å². The van der Waals surface area contributed by atoms with Crippen molar-refractivity contribution in [2.24, 2.45) is 0 Å². The number of halogens is 2. The summed E-state index contributed by atoms with van der Waals surface area (Å²) in [5.41, 5.74) is 2.58. The minimum atomic E-state index is -0.193. The molecule has 0 unspecified atom stereocenters. The van der Waals surface area contributed by atoms with Gasteiger partial charge in [0.25, 0.3) is 5.91 Å². The van der Waals surface area contributed by atoms with E-state index >= 15 is 0 Å². The fourth-order valence-electron chi connectivity index (χ4n) is 2.84. The van der Waals surface area contributed by atoms with Crippen LogP contribution in [-0.2, 0) is 6.54 Å². The molecule has 0 spiro atoms. The predicted octanol–water partition coefficient (Wildman–Crippen LogP) is 5.90. The number of hydrogen-bond donors (Lipinski definition) is 1. The van der Waals surface area contributed by atoms with E-state index in [9.17, 15) is 4.79 Å². The molecule has 0 saturated heterocycles. The van der Waals surface area contributed by atoms with Gasteiger partial charge in [0.15, 0.2) is 0 Å². The van der Waals surface area contributed by atoms with Gasteiger partial charge < -0.3 is 14.8 Å². The number of hydrogen-bond acceptors (Lipinski definition) is 4. The van der Waals surface area contributed by atoms with Gasteiger partial charge in [0.2, 0.25) is 0 Å². The van der Waals surface area contributed by atoms with Crippen LogP contribution in [0.5, 0.6) is 17.2 Å². The molecular weight excluding hydrogens is 423 g/mol. The highest BCUT2D eigenvalue weighted by atomic mass is 35.5. The maximum Gasteiger partial charge on any atom is 0.251 e. The minimum absolute atomic E-state index is 0.193. The smallest absolute Gasteiger partial charge is 0.251 e. The summed E-state index contributed by atoms with van der Waals surface area (Å²) in [6.07, 6.45) is 0. The third kappa shape index (κ3) is 5.24. The summed E-state index contributed by atoms with van der Waals surface area (Å²) in [6.45, 7) is 2.14. The van der Waals surface area contributed by atoms with Gasteiger partial charge in [0.05, 0.1) is 23.8 Å². The molecule has 0 fully saturated rings. The number of amides is 1. The summed E-state index contributed by atoms with van der Waals surface area (Å²) >= 11 is 12.3. The van der Waals surface area contributed by atoms with Crippen LogP contribution in [0, 0.1) is 18.3 Å². The van der Waals surface area contributed by atoms with Gasteiger partial charge in [-0.1, -0.05) is 29.3 Å². The van der Waals surface area contributed by atoms with E-state index in [1.807, 2.05) is 19.1 Å². The van der Waals surface area contributed by atoms with E-state index < -0.39 is 0 Å². The van der Waals surface area contributed by atoms with Gasteiger partial charge in [-0.15, -0.1) is 0 Å². The molecule has 152 valence electrons. The van der Waals surface area contributed by atoms with Gasteiger partial charge in [0.1, 0.15) is 17.2 Å². The van der Waals surface area contributed by atoms with Crippen LogP contribution in [0.3, 0.4) is 0 Å². The third-order valence-corrected chi connectivity index (χ3v) is 4.89. The van der Waals surface area contributed by atoms with Gasteiger partial charge in [-0.3, -0.25) is 4.79 Å². The third-order valence-electron chi connectivity index (χ3n) is 4.36. The van der Waals surface area contributed by atoms with Gasteiger partial charge in [-0.2, -0.15) is 5.26 Å². The van der Waals surface area contributed by atoms with Crippen LogP contribution in [0.25, 0.3) is 0 Å². The van der Waals surface area contributed by atoms with Crippen LogP contribution >= 0.6 is 23.2 Å². The molecule has 1 N–H and O–H groups in total. The van der Waals surface area contributed by atoms with Crippen molar-refractivity contribution in [2.75, 3.05) is 7.11 Å². The highest BCUT2D eigenvalue weighted by Gasteiger charge is 2.11. The van der Waals surface area contributed by atoms with Crippen molar-refractivity contribution in [3.05, 3.63) is 86.9 Å². The highest BCUT2D eigenvalue weighted by Crippen LogP contribution is 2.32. The molecule has 5 nitrogen and oxygen atoms in total. The second kappa shape index (κ2) is 9.53. The van der Waals surface area contributed by atoms with Crippen molar-refractivity contribution in [1.29, 1.82) is 5.26 Å². The number of ether oxygens (including phenoxy) is 2. The summed E-state index contributed by atoms with van der Waals surface area (Å²) in [7, 11) is 1.58. The summed E-state index contributed by atoms with van der Waals surface area (Å²) in [4.78, 5) is 12.5. The first-order valence-electron chi connectivity index (χ1n) is 8.99. The number of nitriles is 1. The summed E-state index contributed by atoms with van der Waals surface area (Å²) < 4.78 is 11.0. The average molecular weight is 441 g/mol. The minimum Gasteiger partial charge on any atom is -0.497 e. The number of methoxy groups -OCH3 is 1. The molecule has 3 rings (SSSR count). The Kier molecular flexibility index (Phi) is 6.83. The maximum absolute atomic E-state index is 12.5. The van der Waals surface area contributed by atoms with Crippen molar-refractivity contribution in [1.82, 2.24) is 5.32 Å². The lowest BCUT2D eigenvalue weighted by atomic mass is 10.1. The van der Waals surface area contributed by atoms with Crippen molar-refractivity contribution in [2.45, 2.75) is 13.5 Å². The van der Waals surface area contributed by atoms with Crippen molar-refractivity contribution >= 4 is 29.1 Å². The zero-order chi connectivity index (χ0) is 21.7. The number of nitrogens with one attached hydrogen (secondary N) is 1. The summed E-state index contributed by atoms with van der Waals surface area (Å²) in [6, 6.07) is 17.2. The second-order valence-electron chi connectivity index (χ2n) is 6.52. The van der Waals surface area contributed by atoms with Crippen molar-refractivity contribution < 1.29 is 14.3 Å². The lowest BCUT2D eigenvalue weighted by molar-refractivity contribution is 0.0950. The lowest BCUT2D eigenvalue weighted by Gasteiger charge is -2.12. The van der Waals surface area contributed by atoms with E-state index in [1.165, 1.54) is 0 Å². The summed E-state index contributed by atoms with van der Waals surface area (Å²) in [5, 5.41) is 12.8. The largest absolute Gasteiger partial charge is 0.497 e. The second-order valence-corrected chi connectivity index (χ2v) is 7.36. The van der Waals surface area contributed by atoms with Crippen LogP contribution in [0.4, 0.5) is 0 Å². The Bertz CT molecular complexity index is 1140. The molecule has 0 aliphatic carbocycles. The van der Waals surface area contributed by atoms with E-state index in [2.05, 4.69) is 5.32 Å². The first-order chi connectivity index (χ1) is 14.4. The molecule has 0 atom stereocenters. The van der Waals surface area contributed by atoms with Crippen molar-refractivity contribution in [3.8, 4) is 23.3 Å². The Morgan fingerprint density at radius 2 is 1.87 bits per heavy atom. The molecule has 0 bridgehead atoms. The Morgan fingerprint density at radius 1 is 1.07 bits per heavy atom. The molecule has 0 aromatic heterocycles. The molecule has 3 aromatic carbocycles. The Morgan fingerprint density at radius 3 is 2.57 bits per heavy atom. The molecule has 0 aliphatic rings. The molecule has 3 aromatic rings. The molecule has 0 radical (unpaired) electrons. The zero-order valence-corrected chi connectivity index (χ0v) is 17.8. The Hall–Kier alpha value is -3.20. The molecule has 1 amide bonds. The molecule has 0 saturated carbocycles. The van der Waals surface area contributed by atoms with Gasteiger partial charge in [-0.05, 0) is 66.6 Å². The maximum atomic E-state index is 12.5. The lowest BCUT2D eigenvalue weighted by Crippen LogP contribution is -2.23. The number of benzene rings is 3. The van der Waals surface area contributed by atoms with Gasteiger partial charge in [0, 0.05) is 17.1 Å².